The fraction of sp³-hybridized carbons (Fsp3) is 0.538. The van der Waals surface area contributed by atoms with Gasteiger partial charge in [0.05, 0.1) is 5.54 Å². The largest absolute Gasteiger partial charge is 0.376 e. The van der Waals surface area contributed by atoms with E-state index in [9.17, 15) is 5.21 Å². The van der Waals surface area contributed by atoms with Crippen LogP contribution < -0.4 is 0 Å². The number of benzene rings is 1. The average molecular weight is 253 g/mol. The lowest BCUT2D eigenvalue weighted by atomic mass is 9.92. The predicted octanol–water partition coefficient (Wildman–Crippen LogP) is 2.13. The minimum atomic E-state index is -1.57. The third-order valence-electron chi connectivity index (χ3n) is 3.33. The number of methoxy groups -OCH3 is 2. The molecular formula is C13H19NO4. The molecular weight excluding hydrogens is 234 g/mol. The smallest absolute Gasteiger partial charge is 0.316 e. The molecule has 1 saturated heterocycles. The average Bonchev–Trinajstić information content (AvgIpc) is 2.60. The van der Waals surface area contributed by atoms with Gasteiger partial charge >= 0.3 is 6.10 Å². The quantitative estimate of drug-likeness (QED) is 0.836. The van der Waals surface area contributed by atoms with Crippen molar-refractivity contribution < 1.29 is 19.4 Å². The Balaban J connectivity index is 2.39. The van der Waals surface area contributed by atoms with Crippen molar-refractivity contribution >= 4 is 0 Å². The molecule has 1 aromatic carbocycles. The van der Waals surface area contributed by atoms with Crippen molar-refractivity contribution in [3.8, 4) is 0 Å². The van der Waals surface area contributed by atoms with Gasteiger partial charge in [0.2, 0.25) is 0 Å². The molecule has 18 heavy (non-hydrogen) atoms. The molecule has 0 amide bonds. The second kappa shape index (κ2) is 4.60. The van der Waals surface area contributed by atoms with E-state index in [1.165, 1.54) is 14.2 Å². The Hall–Kier alpha value is -0.980. The van der Waals surface area contributed by atoms with E-state index in [1.807, 2.05) is 44.2 Å². The molecule has 0 saturated carbocycles. The van der Waals surface area contributed by atoms with Gasteiger partial charge in [-0.05, 0) is 19.4 Å². The van der Waals surface area contributed by atoms with Crippen LogP contribution in [0.15, 0.2) is 30.3 Å². The summed E-state index contributed by atoms with van der Waals surface area (Å²) in [5.41, 5.74) is 0.283. The first-order chi connectivity index (χ1) is 8.48. The summed E-state index contributed by atoms with van der Waals surface area (Å²) in [6.45, 7) is 3.73. The lowest BCUT2D eigenvalue weighted by molar-refractivity contribution is -0.464. The van der Waals surface area contributed by atoms with Crippen molar-refractivity contribution in [2.75, 3.05) is 14.2 Å². The van der Waals surface area contributed by atoms with Crippen molar-refractivity contribution in [1.82, 2.24) is 5.06 Å². The van der Waals surface area contributed by atoms with Gasteiger partial charge in [-0.3, -0.25) is 0 Å². The lowest BCUT2D eigenvalue weighted by Gasteiger charge is -2.33. The molecule has 0 bridgehead atoms. The van der Waals surface area contributed by atoms with Crippen LogP contribution in [0.3, 0.4) is 0 Å². The van der Waals surface area contributed by atoms with E-state index in [-0.39, 0.29) is 6.10 Å². The highest BCUT2D eigenvalue weighted by atomic mass is 16.9. The maximum absolute atomic E-state index is 10.3. The molecule has 1 heterocycles. The van der Waals surface area contributed by atoms with Crippen LogP contribution in [0.4, 0.5) is 0 Å². The molecule has 5 nitrogen and oxygen atoms in total. The van der Waals surface area contributed by atoms with Crippen molar-refractivity contribution in [2.24, 2.45) is 0 Å². The summed E-state index contributed by atoms with van der Waals surface area (Å²) in [4.78, 5) is 0. The van der Waals surface area contributed by atoms with Crippen LogP contribution in [-0.2, 0) is 14.2 Å². The highest BCUT2D eigenvalue weighted by molar-refractivity contribution is 5.22. The number of hydroxylamine groups is 2. The van der Waals surface area contributed by atoms with Crippen molar-refractivity contribution in [1.29, 1.82) is 0 Å². The first-order valence-corrected chi connectivity index (χ1v) is 5.80. The van der Waals surface area contributed by atoms with Crippen LogP contribution in [0, 0.1) is 0 Å². The standard InChI is InChI=1S/C13H19NO4/c1-12(2)11(10-8-6-5-7-9-10)18-13(16-3,17-4)14(12)15/h5-9,11,15H,1-4H3. The molecule has 0 aromatic heterocycles. The number of ether oxygens (including phenoxy) is 3. The summed E-state index contributed by atoms with van der Waals surface area (Å²) in [7, 11) is 2.85. The molecule has 1 aliphatic rings. The normalized spacial score (nSPS) is 26.4. The number of rotatable bonds is 3. The number of hydrogen-bond acceptors (Lipinski definition) is 5. The molecule has 0 radical (unpaired) electrons. The first kappa shape index (κ1) is 13.5. The zero-order valence-electron chi connectivity index (χ0n) is 11.1. The molecule has 5 heteroatoms. The van der Waals surface area contributed by atoms with Gasteiger partial charge in [0.25, 0.3) is 0 Å². The molecule has 1 fully saturated rings. The molecule has 100 valence electrons. The summed E-state index contributed by atoms with van der Waals surface area (Å²) in [5.74, 6) is 0. The summed E-state index contributed by atoms with van der Waals surface area (Å²) in [6.07, 6.45) is -1.92. The molecule has 1 atom stereocenters. The van der Waals surface area contributed by atoms with E-state index >= 15 is 0 Å². The number of nitrogens with zero attached hydrogens (tertiary/aromatic N) is 1. The lowest BCUT2D eigenvalue weighted by Crippen LogP contribution is -2.52. The van der Waals surface area contributed by atoms with E-state index in [0.29, 0.717) is 0 Å². The zero-order valence-corrected chi connectivity index (χ0v) is 11.1. The van der Waals surface area contributed by atoms with Gasteiger partial charge in [-0.2, -0.15) is 0 Å². The van der Waals surface area contributed by atoms with Gasteiger partial charge in [0, 0.05) is 14.2 Å². The highest BCUT2D eigenvalue weighted by Gasteiger charge is 2.60. The van der Waals surface area contributed by atoms with E-state index in [4.69, 9.17) is 14.2 Å². The second-order valence-electron chi connectivity index (χ2n) is 4.81. The molecule has 1 aromatic rings. The summed E-state index contributed by atoms with van der Waals surface area (Å²) < 4.78 is 16.2. The maximum atomic E-state index is 10.3. The zero-order chi connectivity index (χ0) is 13.4. The minimum absolute atomic E-state index is 0.358. The Morgan fingerprint density at radius 2 is 1.72 bits per heavy atom. The third-order valence-corrected chi connectivity index (χ3v) is 3.33. The fourth-order valence-electron chi connectivity index (χ4n) is 2.26. The van der Waals surface area contributed by atoms with Gasteiger partial charge in [-0.25, -0.2) is 0 Å². The van der Waals surface area contributed by atoms with Crippen LogP contribution in [-0.4, -0.2) is 36.1 Å². The molecule has 1 unspecified atom stereocenters. The Labute approximate surface area is 107 Å². The Morgan fingerprint density at radius 1 is 1.17 bits per heavy atom. The van der Waals surface area contributed by atoms with Crippen LogP contribution >= 0.6 is 0 Å². The summed E-state index contributed by atoms with van der Waals surface area (Å²) in [6, 6.07) is 9.68. The molecule has 0 spiro atoms. The molecule has 1 N–H and O–H groups in total. The van der Waals surface area contributed by atoms with E-state index in [1.54, 1.807) is 0 Å². The topological polar surface area (TPSA) is 51.2 Å². The first-order valence-electron chi connectivity index (χ1n) is 5.80. The molecule has 1 aliphatic heterocycles. The van der Waals surface area contributed by atoms with Gasteiger partial charge in [0.1, 0.15) is 6.10 Å². The van der Waals surface area contributed by atoms with Crippen LogP contribution in [0.2, 0.25) is 0 Å². The maximum Gasteiger partial charge on any atom is 0.376 e. The molecule has 0 aliphatic carbocycles. The van der Waals surface area contributed by atoms with Crippen LogP contribution in [0.1, 0.15) is 25.5 Å². The van der Waals surface area contributed by atoms with Gasteiger partial charge in [-0.15, -0.1) is 5.06 Å². The minimum Gasteiger partial charge on any atom is -0.316 e. The van der Waals surface area contributed by atoms with Crippen LogP contribution in [0.5, 0.6) is 0 Å². The monoisotopic (exact) mass is 253 g/mol. The van der Waals surface area contributed by atoms with Gasteiger partial charge in [-0.1, -0.05) is 30.3 Å². The van der Waals surface area contributed by atoms with E-state index in [2.05, 4.69) is 0 Å². The number of hydrogen-bond donors (Lipinski definition) is 1. The van der Waals surface area contributed by atoms with Gasteiger partial charge in [0.15, 0.2) is 0 Å². The van der Waals surface area contributed by atoms with Crippen LogP contribution in [0.25, 0.3) is 0 Å². The SMILES string of the molecule is COC1(OC)OC(c2ccccc2)C(C)(C)N1O. The summed E-state index contributed by atoms with van der Waals surface area (Å²) >= 11 is 0. The second-order valence-corrected chi connectivity index (χ2v) is 4.81. The molecule has 2 rings (SSSR count). The Kier molecular flexibility index (Phi) is 3.44. The Morgan fingerprint density at radius 3 is 2.17 bits per heavy atom. The third kappa shape index (κ3) is 1.84. The van der Waals surface area contributed by atoms with E-state index in [0.717, 1.165) is 10.6 Å². The highest BCUT2D eigenvalue weighted by Crippen LogP contribution is 2.47. The van der Waals surface area contributed by atoms with Crippen molar-refractivity contribution in [3.05, 3.63) is 35.9 Å². The van der Waals surface area contributed by atoms with Crippen molar-refractivity contribution in [2.45, 2.75) is 31.6 Å². The predicted molar refractivity (Wildman–Crippen MR) is 64.7 cm³/mol. The fourth-order valence-corrected chi connectivity index (χ4v) is 2.26. The Bertz CT molecular complexity index is 403. The summed E-state index contributed by atoms with van der Waals surface area (Å²) in [5, 5.41) is 11.2. The van der Waals surface area contributed by atoms with Gasteiger partial charge < -0.3 is 19.4 Å². The van der Waals surface area contributed by atoms with Crippen molar-refractivity contribution in [3.63, 3.8) is 0 Å². The van der Waals surface area contributed by atoms with E-state index < -0.39 is 11.6 Å².